The van der Waals surface area contributed by atoms with Crippen molar-refractivity contribution in [1.29, 1.82) is 0 Å². The summed E-state index contributed by atoms with van der Waals surface area (Å²) in [5.41, 5.74) is 2.28. The molecule has 0 bridgehead atoms. The molecule has 2 aromatic heterocycles. The highest BCUT2D eigenvalue weighted by molar-refractivity contribution is 6.17. The Labute approximate surface area is 123 Å². The first-order valence-corrected chi connectivity index (χ1v) is 7.76. The highest BCUT2D eigenvalue weighted by atomic mass is 35.5. The quantitative estimate of drug-likeness (QED) is 0.769. The van der Waals surface area contributed by atoms with Gasteiger partial charge in [-0.2, -0.15) is 5.10 Å². The van der Waals surface area contributed by atoms with Gasteiger partial charge in [0.15, 0.2) is 5.52 Å². The Morgan fingerprint density at radius 2 is 2.00 bits per heavy atom. The fourth-order valence-electron chi connectivity index (χ4n) is 2.48. The maximum Gasteiger partial charge on any atom is 0.279 e. The second-order valence-electron chi connectivity index (χ2n) is 4.74. The van der Waals surface area contributed by atoms with Crippen molar-refractivity contribution in [3.63, 3.8) is 0 Å². The number of hydrogen-bond donors (Lipinski definition) is 0. The lowest BCUT2D eigenvalue weighted by atomic mass is 10.2. The van der Waals surface area contributed by atoms with Gasteiger partial charge < -0.3 is 0 Å². The molecule has 0 saturated heterocycles. The summed E-state index contributed by atoms with van der Waals surface area (Å²) in [5, 5.41) is 4.54. The van der Waals surface area contributed by atoms with Crippen LogP contribution in [0.3, 0.4) is 0 Å². The van der Waals surface area contributed by atoms with Gasteiger partial charge in [-0.3, -0.25) is 14.0 Å². The van der Waals surface area contributed by atoms with Crippen LogP contribution in [0.5, 0.6) is 0 Å². The van der Waals surface area contributed by atoms with Crippen LogP contribution in [-0.2, 0) is 25.9 Å². The fourth-order valence-corrected chi connectivity index (χ4v) is 2.65. The Kier molecular flexibility index (Phi) is 4.81. The van der Waals surface area contributed by atoms with Gasteiger partial charge in [-0.25, -0.2) is 4.98 Å². The first-order valence-electron chi connectivity index (χ1n) is 7.22. The zero-order valence-corrected chi connectivity index (χ0v) is 13.1. The monoisotopic (exact) mass is 296 g/mol. The van der Waals surface area contributed by atoms with Crippen molar-refractivity contribution in [1.82, 2.24) is 19.3 Å². The van der Waals surface area contributed by atoms with E-state index in [0.29, 0.717) is 30.9 Å². The number of aromatic nitrogens is 4. The highest BCUT2D eigenvalue weighted by Gasteiger charge is 2.18. The minimum Gasteiger partial charge on any atom is -0.294 e. The van der Waals surface area contributed by atoms with Gasteiger partial charge in [0, 0.05) is 25.4 Å². The molecule has 0 aliphatic carbocycles. The number of rotatable bonds is 6. The second kappa shape index (κ2) is 6.39. The summed E-state index contributed by atoms with van der Waals surface area (Å²) >= 11 is 5.81. The molecule has 0 N–H and O–H groups in total. The molecule has 110 valence electrons. The van der Waals surface area contributed by atoms with E-state index in [1.165, 1.54) is 0 Å². The second-order valence-corrected chi connectivity index (χ2v) is 5.11. The lowest BCUT2D eigenvalue weighted by Gasteiger charge is -2.10. The average molecular weight is 297 g/mol. The van der Waals surface area contributed by atoms with Gasteiger partial charge in [-0.05, 0) is 13.3 Å². The fraction of sp³-hybridized carbons (Fsp3) is 0.643. The summed E-state index contributed by atoms with van der Waals surface area (Å²) in [6, 6.07) is 0. The minimum atomic E-state index is -0.0239. The molecular weight excluding hydrogens is 276 g/mol. The van der Waals surface area contributed by atoms with E-state index in [2.05, 4.69) is 17.0 Å². The van der Waals surface area contributed by atoms with Crippen molar-refractivity contribution >= 4 is 22.6 Å². The third-order valence-corrected chi connectivity index (χ3v) is 3.58. The first kappa shape index (κ1) is 15.0. The molecule has 2 aromatic rings. The van der Waals surface area contributed by atoms with Crippen molar-refractivity contribution in [2.75, 3.05) is 5.88 Å². The third kappa shape index (κ3) is 2.46. The van der Waals surface area contributed by atoms with E-state index >= 15 is 0 Å². The molecule has 6 heteroatoms. The van der Waals surface area contributed by atoms with E-state index in [0.717, 1.165) is 29.9 Å². The number of halogens is 1. The van der Waals surface area contributed by atoms with Crippen LogP contribution < -0.4 is 5.56 Å². The maximum absolute atomic E-state index is 12.7. The molecule has 0 unspecified atom stereocenters. The summed E-state index contributed by atoms with van der Waals surface area (Å²) in [6.07, 6.45) is 2.55. The molecule has 0 saturated carbocycles. The number of hydrogen-bond acceptors (Lipinski definition) is 3. The zero-order valence-electron chi connectivity index (χ0n) is 12.3. The SMILES string of the molecule is CCCc1nn(CC)c2c(=O)n(CCCl)c(CC)nc12. The maximum atomic E-state index is 12.7. The lowest BCUT2D eigenvalue weighted by Crippen LogP contribution is -2.27. The van der Waals surface area contributed by atoms with Crippen LogP contribution >= 0.6 is 11.6 Å². The number of alkyl halides is 1. The summed E-state index contributed by atoms with van der Waals surface area (Å²) in [6.45, 7) is 7.25. The Morgan fingerprint density at radius 1 is 1.25 bits per heavy atom. The van der Waals surface area contributed by atoms with Crippen molar-refractivity contribution < 1.29 is 0 Å². The van der Waals surface area contributed by atoms with Gasteiger partial charge in [-0.1, -0.05) is 20.3 Å². The summed E-state index contributed by atoms with van der Waals surface area (Å²) in [7, 11) is 0. The van der Waals surface area contributed by atoms with Gasteiger partial charge >= 0.3 is 0 Å². The lowest BCUT2D eigenvalue weighted by molar-refractivity contribution is 0.639. The number of fused-ring (bicyclic) bond motifs is 1. The summed E-state index contributed by atoms with van der Waals surface area (Å²) < 4.78 is 3.44. The highest BCUT2D eigenvalue weighted by Crippen LogP contribution is 2.16. The molecule has 0 amide bonds. The Hall–Kier alpha value is -1.36. The zero-order chi connectivity index (χ0) is 14.7. The van der Waals surface area contributed by atoms with E-state index < -0.39 is 0 Å². The van der Waals surface area contributed by atoms with E-state index in [9.17, 15) is 4.79 Å². The molecule has 2 rings (SSSR count). The van der Waals surface area contributed by atoms with Crippen LogP contribution in [0.4, 0.5) is 0 Å². The van der Waals surface area contributed by atoms with Gasteiger partial charge in [0.2, 0.25) is 0 Å². The molecule has 0 radical (unpaired) electrons. The molecule has 2 heterocycles. The average Bonchev–Trinajstić information content (AvgIpc) is 2.80. The Balaban J connectivity index is 2.79. The van der Waals surface area contributed by atoms with Crippen LogP contribution in [0, 0.1) is 0 Å². The van der Waals surface area contributed by atoms with Crippen molar-refractivity contribution in [3.8, 4) is 0 Å². The molecule has 0 aliphatic heterocycles. The van der Waals surface area contributed by atoms with Crippen LogP contribution in [0.1, 0.15) is 38.7 Å². The summed E-state index contributed by atoms with van der Waals surface area (Å²) in [5.74, 6) is 1.19. The van der Waals surface area contributed by atoms with Gasteiger partial charge in [0.1, 0.15) is 11.3 Å². The molecule has 20 heavy (non-hydrogen) atoms. The predicted octanol–water partition coefficient (Wildman–Crippen LogP) is 2.37. The van der Waals surface area contributed by atoms with E-state index in [-0.39, 0.29) is 5.56 Å². The van der Waals surface area contributed by atoms with Crippen LogP contribution in [0.2, 0.25) is 0 Å². The van der Waals surface area contributed by atoms with Crippen molar-refractivity contribution in [3.05, 3.63) is 21.9 Å². The topological polar surface area (TPSA) is 52.7 Å². The summed E-state index contributed by atoms with van der Waals surface area (Å²) in [4.78, 5) is 17.4. The Bertz CT molecular complexity index is 659. The van der Waals surface area contributed by atoms with E-state index in [1.807, 2.05) is 13.8 Å². The normalized spacial score (nSPS) is 11.4. The minimum absolute atomic E-state index is 0.0239. The third-order valence-electron chi connectivity index (χ3n) is 3.41. The molecule has 0 aromatic carbocycles. The first-order chi connectivity index (χ1) is 9.67. The molecule has 0 spiro atoms. The standard InChI is InChI=1S/C14H21ClN4O/c1-4-7-10-12-13(19(6-3)17-10)14(20)18(9-8-15)11(5-2)16-12/h4-9H2,1-3H3. The van der Waals surface area contributed by atoms with Gasteiger partial charge in [-0.15, -0.1) is 11.6 Å². The van der Waals surface area contributed by atoms with Gasteiger partial charge in [0.25, 0.3) is 5.56 Å². The van der Waals surface area contributed by atoms with Crippen molar-refractivity contribution in [2.24, 2.45) is 0 Å². The van der Waals surface area contributed by atoms with E-state index in [4.69, 9.17) is 11.6 Å². The number of aryl methyl sites for hydroxylation is 3. The van der Waals surface area contributed by atoms with Crippen LogP contribution in [-0.4, -0.2) is 25.2 Å². The smallest absolute Gasteiger partial charge is 0.279 e. The largest absolute Gasteiger partial charge is 0.294 e. The molecule has 5 nitrogen and oxygen atoms in total. The van der Waals surface area contributed by atoms with Gasteiger partial charge in [0.05, 0.1) is 5.69 Å². The van der Waals surface area contributed by atoms with Crippen LogP contribution in [0.15, 0.2) is 4.79 Å². The molecule has 0 atom stereocenters. The Morgan fingerprint density at radius 3 is 2.55 bits per heavy atom. The van der Waals surface area contributed by atoms with Crippen molar-refractivity contribution in [2.45, 2.75) is 53.1 Å². The molecule has 0 aliphatic rings. The van der Waals surface area contributed by atoms with Crippen LogP contribution in [0.25, 0.3) is 11.0 Å². The molecule has 0 fully saturated rings. The van der Waals surface area contributed by atoms with E-state index in [1.54, 1.807) is 9.25 Å². The number of nitrogens with zero attached hydrogens (tertiary/aromatic N) is 4. The predicted molar refractivity (Wildman–Crippen MR) is 81.6 cm³/mol. The molecular formula is C14H21ClN4O.